The van der Waals surface area contributed by atoms with E-state index in [4.69, 9.17) is 19.3 Å². The van der Waals surface area contributed by atoms with Crippen molar-refractivity contribution in [3.63, 3.8) is 0 Å². The van der Waals surface area contributed by atoms with E-state index in [1.165, 1.54) is 154 Å². The lowest BCUT2D eigenvalue weighted by Crippen LogP contribution is -2.29. The van der Waals surface area contributed by atoms with Gasteiger partial charge in [0.25, 0.3) is 0 Å². The highest BCUT2D eigenvalue weighted by molar-refractivity contribution is 7.46. The predicted molar refractivity (Wildman–Crippen MR) is 225 cm³/mol. The van der Waals surface area contributed by atoms with Crippen LogP contribution in [0.3, 0.4) is 0 Å². The summed E-state index contributed by atoms with van der Waals surface area (Å²) >= 11 is 0. The van der Waals surface area contributed by atoms with Crippen LogP contribution in [0.1, 0.15) is 232 Å². The predicted octanol–water partition coefficient (Wildman–Crippen LogP) is 14.0. The Hall–Kier alpha value is -1.47. The first-order chi connectivity index (χ1) is 26.3. The summed E-state index contributed by atoms with van der Waals surface area (Å²) in [6, 6.07) is 0. The second-order valence-corrected chi connectivity index (χ2v) is 16.6. The van der Waals surface area contributed by atoms with Crippen molar-refractivity contribution >= 4 is 19.8 Å². The van der Waals surface area contributed by atoms with Crippen molar-refractivity contribution in [1.82, 2.24) is 0 Å². The molecule has 0 spiro atoms. The maximum atomic E-state index is 12.4. The average Bonchev–Trinajstić information content (AvgIpc) is 3.14. The molecule has 2 N–H and O–H groups in total. The summed E-state index contributed by atoms with van der Waals surface area (Å²) in [5, 5.41) is 0. The molecule has 0 aromatic heterocycles. The van der Waals surface area contributed by atoms with Gasteiger partial charge in [0.05, 0.1) is 6.61 Å². The quantitative estimate of drug-likeness (QED) is 0.0272. The van der Waals surface area contributed by atoms with E-state index in [1.807, 2.05) is 0 Å². The fraction of sp³-hybridized carbons (Fsp3) is 0.867. The summed E-state index contributed by atoms with van der Waals surface area (Å²) in [7, 11) is -4.75. The molecule has 0 heterocycles. The highest BCUT2D eigenvalue weighted by Crippen LogP contribution is 2.36. The number of rotatable bonds is 42. The topological polar surface area (TPSA) is 119 Å². The van der Waals surface area contributed by atoms with E-state index in [1.54, 1.807) is 0 Å². The lowest BCUT2D eigenvalue weighted by atomic mass is 10.0. The van der Waals surface area contributed by atoms with E-state index in [0.717, 1.165) is 44.9 Å². The first-order valence-corrected chi connectivity index (χ1v) is 24.2. The van der Waals surface area contributed by atoms with Crippen LogP contribution in [-0.2, 0) is 28.2 Å². The summed E-state index contributed by atoms with van der Waals surface area (Å²) in [4.78, 5) is 42.9. The third-order valence-electron chi connectivity index (χ3n) is 9.94. The summed E-state index contributed by atoms with van der Waals surface area (Å²) in [6.45, 7) is 3.69. The van der Waals surface area contributed by atoms with Crippen LogP contribution in [0.25, 0.3) is 0 Å². The minimum Gasteiger partial charge on any atom is -0.462 e. The molecule has 0 rings (SSSR count). The van der Waals surface area contributed by atoms with Gasteiger partial charge in [0.15, 0.2) is 6.10 Å². The zero-order valence-corrected chi connectivity index (χ0v) is 36.0. The Bertz CT molecular complexity index is 931. The van der Waals surface area contributed by atoms with Crippen molar-refractivity contribution in [2.75, 3.05) is 13.2 Å². The summed E-state index contributed by atoms with van der Waals surface area (Å²) in [5.74, 6) is -0.882. The Kier molecular flexibility index (Phi) is 40.1. The molecule has 0 aliphatic carbocycles. The molecule has 54 heavy (non-hydrogen) atoms. The molecule has 0 unspecified atom stereocenters. The van der Waals surface area contributed by atoms with Gasteiger partial charge >= 0.3 is 19.8 Å². The molecule has 0 aromatic rings. The molecular weight excluding hydrogens is 699 g/mol. The van der Waals surface area contributed by atoms with Gasteiger partial charge < -0.3 is 19.3 Å². The molecular formula is C45H85O8P. The first-order valence-electron chi connectivity index (χ1n) is 22.6. The smallest absolute Gasteiger partial charge is 0.462 e. The van der Waals surface area contributed by atoms with Gasteiger partial charge in [0.1, 0.15) is 6.61 Å². The molecule has 0 fully saturated rings. The molecule has 8 nitrogen and oxygen atoms in total. The zero-order valence-electron chi connectivity index (χ0n) is 35.1. The second kappa shape index (κ2) is 41.2. The molecule has 0 saturated heterocycles. The summed E-state index contributed by atoms with van der Waals surface area (Å²) in [5.41, 5.74) is 0. The number of unbranched alkanes of at least 4 members (excludes halogenated alkanes) is 28. The van der Waals surface area contributed by atoms with Gasteiger partial charge in [0.2, 0.25) is 0 Å². The fourth-order valence-corrected chi connectivity index (χ4v) is 6.90. The van der Waals surface area contributed by atoms with Gasteiger partial charge in [-0.05, 0) is 64.2 Å². The highest BCUT2D eigenvalue weighted by Gasteiger charge is 2.22. The van der Waals surface area contributed by atoms with Crippen molar-refractivity contribution in [2.45, 2.75) is 238 Å². The number of ether oxygens (including phenoxy) is 2. The summed E-state index contributed by atoms with van der Waals surface area (Å²) in [6.07, 6.45) is 47.6. The molecule has 1 atom stereocenters. The van der Waals surface area contributed by atoms with Gasteiger partial charge in [-0.1, -0.05) is 179 Å². The van der Waals surface area contributed by atoms with E-state index in [9.17, 15) is 14.2 Å². The monoisotopic (exact) mass is 785 g/mol. The summed E-state index contributed by atoms with van der Waals surface area (Å²) < 4.78 is 26.4. The number of phosphoric acid groups is 1. The van der Waals surface area contributed by atoms with Gasteiger partial charge in [0, 0.05) is 12.8 Å². The Balaban J connectivity index is 3.84. The molecule has 318 valence electrons. The Morgan fingerprint density at radius 2 is 0.778 bits per heavy atom. The Labute approximate surface area is 332 Å². The second-order valence-electron chi connectivity index (χ2n) is 15.4. The van der Waals surface area contributed by atoms with E-state index in [0.29, 0.717) is 6.42 Å². The SMILES string of the molecule is CCCCCC/C=C/CCCCCCCCCC(=O)O[C@H](COC(=O)CCCCCCCCCCCCC/C=C/CCCCCCCC)COP(=O)(O)O. The molecule has 0 aliphatic rings. The van der Waals surface area contributed by atoms with Crippen LogP contribution in [-0.4, -0.2) is 41.0 Å². The molecule has 0 bridgehead atoms. The lowest BCUT2D eigenvalue weighted by Gasteiger charge is -2.18. The van der Waals surface area contributed by atoms with Crippen molar-refractivity contribution < 1.29 is 37.9 Å². The van der Waals surface area contributed by atoms with Gasteiger partial charge in [-0.2, -0.15) is 0 Å². The first kappa shape index (κ1) is 52.5. The van der Waals surface area contributed by atoms with Crippen LogP contribution < -0.4 is 0 Å². The molecule has 0 aromatic carbocycles. The third kappa shape index (κ3) is 43.3. The average molecular weight is 785 g/mol. The van der Waals surface area contributed by atoms with Crippen molar-refractivity contribution in [3.8, 4) is 0 Å². The molecule has 0 amide bonds. The van der Waals surface area contributed by atoms with Crippen LogP contribution in [0.5, 0.6) is 0 Å². The number of carbonyl (C=O) groups is 2. The number of carbonyl (C=O) groups excluding carboxylic acids is 2. The van der Waals surface area contributed by atoms with Crippen LogP contribution in [0.15, 0.2) is 24.3 Å². The maximum absolute atomic E-state index is 12.4. The third-order valence-corrected chi connectivity index (χ3v) is 10.4. The standard InChI is InChI=1S/C45H85O8P/c1-3-5-7-9-11-13-15-17-19-20-21-22-23-24-26-27-29-31-33-35-37-39-44(46)51-41-43(42-52-54(48,49)50)53-45(47)40-38-36-34-32-30-28-25-18-16-14-12-10-8-6-4-2/h14,16-17,19,43H,3-13,15,18,20-42H2,1-2H3,(H2,48,49,50)/b16-14+,19-17+/t43-/m1/s1. The van der Waals surface area contributed by atoms with Crippen molar-refractivity contribution in [2.24, 2.45) is 0 Å². The van der Waals surface area contributed by atoms with Crippen LogP contribution in [0.2, 0.25) is 0 Å². The number of phosphoric ester groups is 1. The minimum absolute atomic E-state index is 0.209. The van der Waals surface area contributed by atoms with Gasteiger partial charge in [-0.25, -0.2) is 4.57 Å². The van der Waals surface area contributed by atoms with Gasteiger partial charge in [-0.3, -0.25) is 14.1 Å². The Morgan fingerprint density at radius 1 is 0.463 bits per heavy atom. The maximum Gasteiger partial charge on any atom is 0.469 e. The van der Waals surface area contributed by atoms with Crippen LogP contribution in [0, 0.1) is 0 Å². The van der Waals surface area contributed by atoms with E-state index in [2.05, 4.69) is 42.7 Å². The van der Waals surface area contributed by atoms with E-state index < -0.39 is 32.5 Å². The van der Waals surface area contributed by atoms with E-state index in [-0.39, 0.29) is 19.4 Å². The largest absolute Gasteiger partial charge is 0.469 e. The number of hydrogen-bond donors (Lipinski definition) is 2. The van der Waals surface area contributed by atoms with Crippen LogP contribution >= 0.6 is 7.82 Å². The molecule has 0 saturated carbocycles. The van der Waals surface area contributed by atoms with Crippen molar-refractivity contribution in [3.05, 3.63) is 24.3 Å². The van der Waals surface area contributed by atoms with E-state index >= 15 is 0 Å². The normalized spacial score (nSPS) is 12.6. The molecule has 0 aliphatic heterocycles. The molecule has 0 radical (unpaired) electrons. The number of hydrogen-bond acceptors (Lipinski definition) is 6. The van der Waals surface area contributed by atoms with Gasteiger partial charge in [-0.15, -0.1) is 0 Å². The Morgan fingerprint density at radius 3 is 1.15 bits per heavy atom. The zero-order chi connectivity index (χ0) is 39.6. The minimum atomic E-state index is -4.75. The molecule has 9 heteroatoms. The van der Waals surface area contributed by atoms with Crippen LogP contribution in [0.4, 0.5) is 0 Å². The van der Waals surface area contributed by atoms with Crippen molar-refractivity contribution in [1.29, 1.82) is 0 Å². The highest BCUT2D eigenvalue weighted by atomic mass is 31.2. The number of allylic oxidation sites excluding steroid dienone is 4. The fourth-order valence-electron chi connectivity index (χ4n) is 6.54. The number of esters is 2. The lowest BCUT2D eigenvalue weighted by molar-refractivity contribution is -0.161.